The Morgan fingerprint density at radius 2 is 1.27 bits per heavy atom. The first-order valence-corrected chi connectivity index (χ1v) is 7.12. The van der Waals surface area contributed by atoms with Gasteiger partial charge in [0, 0.05) is 12.8 Å². The molecule has 2 rings (SSSR count). The van der Waals surface area contributed by atoms with Gasteiger partial charge in [-0.2, -0.15) is 0 Å². The molecular formula is C20H18O2. The molecule has 0 amide bonds. The lowest BCUT2D eigenvalue weighted by molar-refractivity contribution is -0.114. The first-order chi connectivity index (χ1) is 10.7. The van der Waals surface area contributed by atoms with E-state index in [1.54, 1.807) is 0 Å². The van der Waals surface area contributed by atoms with E-state index in [0.717, 1.165) is 22.3 Å². The summed E-state index contributed by atoms with van der Waals surface area (Å²) in [7, 11) is 0. The zero-order valence-corrected chi connectivity index (χ0v) is 12.4. The number of hydrogen-bond acceptors (Lipinski definition) is 2. The van der Waals surface area contributed by atoms with Crippen LogP contribution in [0.4, 0.5) is 0 Å². The van der Waals surface area contributed by atoms with Crippen LogP contribution >= 0.6 is 0 Å². The second kappa shape index (κ2) is 7.32. The van der Waals surface area contributed by atoms with Crippen LogP contribution in [-0.2, 0) is 22.4 Å². The van der Waals surface area contributed by atoms with Crippen LogP contribution in [0.15, 0.2) is 73.8 Å². The summed E-state index contributed by atoms with van der Waals surface area (Å²) >= 11 is 0. The second-order valence-electron chi connectivity index (χ2n) is 5.01. The van der Waals surface area contributed by atoms with Crippen LogP contribution in [0.2, 0.25) is 0 Å². The maximum Gasteiger partial charge on any atom is 0.159 e. The average Bonchev–Trinajstić information content (AvgIpc) is 2.55. The fraction of sp³-hybridized carbons (Fsp3) is 0.100. The number of hydrogen-bond donors (Lipinski definition) is 0. The van der Waals surface area contributed by atoms with E-state index in [-0.39, 0.29) is 24.4 Å². The highest BCUT2D eigenvalue weighted by Gasteiger charge is 2.13. The fourth-order valence-corrected chi connectivity index (χ4v) is 2.44. The Morgan fingerprint density at radius 3 is 1.73 bits per heavy atom. The van der Waals surface area contributed by atoms with Gasteiger partial charge < -0.3 is 0 Å². The molecule has 22 heavy (non-hydrogen) atoms. The molecule has 2 heteroatoms. The van der Waals surface area contributed by atoms with Gasteiger partial charge in [-0.3, -0.25) is 9.59 Å². The van der Waals surface area contributed by atoms with E-state index in [4.69, 9.17) is 0 Å². The maximum atomic E-state index is 11.8. The highest BCUT2D eigenvalue weighted by Crippen LogP contribution is 2.29. The van der Waals surface area contributed by atoms with Gasteiger partial charge >= 0.3 is 0 Å². The minimum Gasteiger partial charge on any atom is -0.295 e. The smallest absolute Gasteiger partial charge is 0.159 e. The normalized spacial score (nSPS) is 10.0. The summed E-state index contributed by atoms with van der Waals surface area (Å²) in [5, 5.41) is 0. The molecule has 0 aliphatic heterocycles. The lowest BCUT2D eigenvalue weighted by atomic mass is 9.89. The highest BCUT2D eigenvalue weighted by atomic mass is 16.1. The number of allylic oxidation sites excluding steroid dienone is 2. The molecular weight excluding hydrogens is 272 g/mol. The molecule has 0 aromatic heterocycles. The van der Waals surface area contributed by atoms with Gasteiger partial charge in [0.15, 0.2) is 11.6 Å². The Hall–Kier alpha value is -2.74. The Morgan fingerprint density at radius 1 is 0.773 bits per heavy atom. The van der Waals surface area contributed by atoms with Gasteiger partial charge in [0.1, 0.15) is 0 Å². The molecule has 110 valence electrons. The van der Waals surface area contributed by atoms with E-state index >= 15 is 0 Å². The van der Waals surface area contributed by atoms with Gasteiger partial charge in [-0.05, 0) is 34.4 Å². The zero-order chi connectivity index (χ0) is 15.9. The molecule has 0 N–H and O–H groups in total. The van der Waals surface area contributed by atoms with Crippen molar-refractivity contribution in [2.75, 3.05) is 0 Å². The number of rotatable bonds is 7. The minimum absolute atomic E-state index is 0.0376. The van der Waals surface area contributed by atoms with Gasteiger partial charge in [-0.1, -0.05) is 61.7 Å². The van der Waals surface area contributed by atoms with Crippen molar-refractivity contribution in [1.82, 2.24) is 0 Å². The van der Waals surface area contributed by atoms with Gasteiger partial charge in [0.05, 0.1) is 0 Å². The summed E-state index contributed by atoms with van der Waals surface area (Å²) in [5.41, 5.74) is 3.77. The highest BCUT2D eigenvalue weighted by molar-refractivity contribution is 5.94. The van der Waals surface area contributed by atoms with Crippen molar-refractivity contribution >= 4 is 11.6 Å². The number of benzene rings is 2. The predicted octanol–water partition coefficient (Wildman–Crippen LogP) is 3.95. The molecule has 0 atom stereocenters. The summed E-state index contributed by atoms with van der Waals surface area (Å²) in [6.07, 6.45) is 3.22. The third-order valence-electron chi connectivity index (χ3n) is 3.48. The van der Waals surface area contributed by atoms with E-state index in [1.165, 1.54) is 12.2 Å². The molecule has 2 nitrogen and oxygen atoms in total. The Kier molecular flexibility index (Phi) is 5.21. The van der Waals surface area contributed by atoms with Gasteiger partial charge in [0.25, 0.3) is 0 Å². The summed E-state index contributed by atoms with van der Waals surface area (Å²) in [4.78, 5) is 23.5. The molecule has 0 spiro atoms. The molecule has 0 heterocycles. The van der Waals surface area contributed by atoms with E-state index < -0.39 is 0 Å². The Labute approximate surface area is 130 Å². The number of carbonyl (C=O) groups excluding carboxylic acids is 2. The van der Waals surface area contributed by atoms with E-state index in [1.807, 2.05) is 48.5 Å². The molecule has 0 saturated heterocycles. The van der Waals surface area contributed by atoms with Crippen molar-refractivity contribution in [3.8, 4) is 11.1 Å². The molecule has 0 saturated carbocycles. The minimum atomic E-state index is -0.0376. The quantitative estimate of drug-likeness (QED) is 0.724. The molecule has 0 unspecified atom stereocenters. The van der Waals surface area contributed by atoms with E-state index in [9.17, 15) is 9.59 Å². The third-order valence-corrected chi connectivity index (χ3v) is 3.48. The van der Waals surface area contributed by atoms with E-state index in [0.29, 0.717) is 0 Å². The van der Waals surface area contributed by atoms with Gasteiger partial charge in [-0.15, -0.1) is 0 Å². The maximum absolute atomic E-state index is 11.8. The van der Waals surface area contributed by atoms with Crippen LogP contribution in [0.5, 0.6) is 0 Å². The van der Waals surface area contributed by atoms with Gasteiger partial charge in [0.2, 0.25) is 0 Å². The van der Waals surface area contributed by atoms with Crippen molar-refractivity contribution < 1.29 is 9.59 Å². The van der Waals surface area contributed by atoms with Crippen LogP contribution in [0, 0.1) is 0 Å². The van der Waals surface area contributed by atoms with Crippen molar-refractivity contribution in [1.29, 1.82) is 0 Å². The molecule has 0 aliphatic carbocycles. The summed E-state index contributed by atoms with van der Waals surface area (Å²) in [6, 6.07) is 15.5. The van der Waals surface area contributed by atoms with Crippen LogP contribution in [-0.4, -0.2) is 11.6 Å². The number of ketones is 2. The van der Waals surface area contributed by atoms with Crippen LogP contribution < -0.4 is 0 Å². The molecule has 0 radical (unpaired) electrons. The van der Waals surface area contributed by atoms with Crippen molar-refractivity contribution in [2.45, 2.75) is 12.8 Å². The Bertz CT molecular complexity index is 671. The predicted molar refractivity (Wildman–Crippen MR) is 89.7 cm³/mol. The summed E-state index contributed by atoms with van der Waals surface area (Å²) in [5.74, 6) is -0.0752. The molecule has 0 aliphatic rings. The lowest BCUT2D eigenvalue weighted by Crippen LogP contribution is -2.05. The zero-order valence-electron chi connectivity index (χ0n) is 12.4. The number of carbonyl (C=O) groups is 2. The average molecular weight is 290 g/mol. The second-order valence-corrected chi connectivity index (χ2v) is 5.01. The van der Waals surface area contributed by atoms with Crippen LogP contribution in [0.1, 0.15) is 11.1 Å². The van der Waals surface area contributed by atoms with E-state index in [2.05, 4.69) is 13.2 Å². The summed E-state index contributed by atoms with van der Waals surface area (Å²) in [6.45, 7) is 7.05. The molecule has 2 aromatic carbocycles. The Balaban J connectivity index is 2.56. The SMILES string of the molecule is C=CC(=O)Cc1cccc(CC(=O)C=C)c1-c1ccccc1. The van der Waals surface area contributed by atoms with Crippen LogP contribution in [0.3, 0.4) is 0 Å². The van der Waals surface area contributed by atoms with Crippen molar-refractivity contribution in [3.05, 3.63) is 85.0 Å². The molecule has 0 bridgehead atoms. The topological polar surface area (TPSA) is 34.1 Å². The largest absolute Gasteiger partial charge is 0.295 e. The first kappa shape index (κ1) is 15.6. The monoisotopic (exact) mass is 290 g/mol. The summed E-state index contributed by atoms with van der Waals surface area (Å²) < 4.78 is 0. The molecule has 2 aromatic rings. The lowest BCUT2D eigenvalue weighted by Gasteiger charge is -2.14. The van der Waals surface area contributed by atoms with Crippen LogP contribution in [0.25, 0.3) is 11.1 Å². The molecule has 0 fully saturated rings. The first-order valence-electron chi connectivity index (χ1n) is 7.12. The van der Waals surface area contributed by atoms with Crippen molar-refractivity contribution in [2.24, 2.45) is 0 Å². The van der Waals surface area contributed by atoms with Crippen molar-refractivity contribution in [3.63, 3.8) is 0 Å². The third kappa shape index (κ3) is 3.67. The fourth-order valence-electron chi connectivity index (χ4n) is 2.44. The van der Waals surface area contributed by atoms with Gasteiger partial charge in [-0.25, -0.2) is 0 Å². The standard InChI is InChI=1S/C20H18O2/c1-3-18(21)13-16-11-8-12-17(14-19(22)4-2)20(16)15-9-6-5-7-10-15/h3-12H,1-2,13-14H2.